The highest BCUT2D eigenvalue weighted by molar-refractivity contribution is 5.72. The monoisotopic (exact) mass is 262 g/mol. The van der Waals surface area contributed by atoms with E-state index < -0.39 is 11.8 Å². The Labute approximate surface area is 109 Å². The fraction of sp³-hybridized carbons (Fsp3) is 0.133. The normalized spacial score (nSPS) is 10.3. The van der Waals surface area contributed by atoms with E-state index in [0.29, 0.717) is 11.1 Å². The third-order valence-electron chi connectivity index (χ3n) is 2.62. The first-order valence-electron chi connectivity index (χ1n) is 5.86. The largest absolute Gasteiger partial charge is 0.426 e. The number of hydrogen-bond donors (Lipinski definition) is 0. The molecule has 4 heteroatoms. The maximum absolute atomic E-state index is 13.9. The van der Waals surface area contributed by atoms with Crippen LogP contribution in [-0.4, -0.2) is 5.97 Å². The zero-order valence-corrected chi connectivity index (χ0v) is 10.3. The molecule has 0 atom stereocenters. The summed E-state index contributed by atoms with van der Waals surface area (Å²) in [5, 5.41) is 0. The first-order chi connectivity index (χ1) is 9.10. The minimum absolute atomic E-state index is 0.162. The van der Waals surface area contributed by atoms with Gasteiger partial charge < -0.3 is 4.74 Å². The highest BCUT2D eigenvalue weighted by atomic mass is 19.1. The van der Waals surface area contributed by atoms with Crippen LogP contribution in [0.15, 0.2) is 42.5 Å². The Morgan fingerprint density at radius 1 is 1.11 bits per heavy atom. The van der Waals surface area contributed by atoms with Crippen molar-refractivity contribution in [3.05, 3.63) is 54.1 Å². The highest BCUT2D eigenvalue weighted by Gasteiger charge is 2.09. The molecular formula is C15H12F2O2. The second-order valence-corrected chi connectivity index (χ2v) is 3.98. The number of rotatable bonds is 3. The van der Waals surface area contributed by atoms with E-state index in [9.17, 15) is 13.6 Å². The maximum atomic E-state index is 13.9. The van der Waals surface area contributed by atoms with Crippen LogP contribution in [0.5, 0.6) is 5.75 Å². The lowest BCUT2D eigenvalue weighted by Gasteiger charge is -2.07. The number of carbonyl (C=O) groups excluding carboxylic acids is 1. The fourth-order valence-electron chi connectivity index (χ4n) is 1.63. The zero-order chi connectivity index (χ0) is 13.8. The van der Waals surface area contributed by atoms with Crippen molar-refractivity contribution in [2.24, 2.45) is 0 Å². The van der Waals surface area contributed by atoms with Gasteiger partial charge >= 0.3 is 5.97 Å². The van der Waals surface area contributed by atoms with Crippen LogP contribution in [0.3, 0.4) is 0 Å². The molecule has 19 heavy (non-hydrogen) atoms. The summed E-state index contributed by atoms with van der Waals surface area (Å²) in [4.78, 5) is 11.1. The van der Waals surface area contributed by atoms with Crippen molar-refractivity contribution in [2.75, 3.05) is 0 Å². The summed E-state index contributed by atoms with van der Waals surface area (Å²) in [6.45, 7) is 1.66. The van der Waals surface area contributed by atoms with Crippen LogP contribution < -0.4 is 4.74 Å². The molecule has 0 N–H and O–H groups in total. The molecule has 0 aliphatic rings. The van der Waals surface area contributed by atoms with E-state index in [-0.39, 0.29) is 18.0 Å². The molecule has 0 aliphatic heterocycles. The standard InChI is InChI=1S/C15H12F2O2/c1-2-15(18)19-12-7-8-13(14(17)9-12)10-3-5-11(16)6-4-10/h3-9H,2H2,1H3. The third kappa shape index (κ3) is 3.16. The van der Waals surface area contributed by atoms with Gasteiger partial charge in [-0.15, -0.1) is 0 Å². The smallest absolute Gasteiger partial charge is 0.310 e. The minimum Gasteiger partial charge on any atom is -0.426 e. The average Bonchev–Trinajstić information content (AvgIpc) is 2.40. The summed E-state index contributed by atoms with van der Waals surface area (Å²) in [5.74, 6) is -1.16. The fourth-order valence-corrected chi connectivity index (χ4v) is 1.63. The van der Waals surface area contributed by atoms with Crippen molar-refractivity contribution in [3.63, 3.8) is 0 Å². The second-order valence-electron chi connectivity index (χ2n) is 3.98. The molecule has 0 aromatic heterocycles. The van der Waals surface area contributed by atoms with Gasteiger partial charge in [-0.2, -0.15) is 0 Å². The molecule has 2 nitrogen and oxygen atoms in total. The molecule has 0 aliphatic carbocycles. The summed E-state index contributed by atoms with van der Waals surface area (Å²) in [6, 6.07) is 9.67. The van der Waals surface area contributed by atoms with Gasteiger partial charge in [0, 0.05) is 18.1 Å². The van der Waals surface area contributed by atoms with E-state index >= 15 is 0 Å². The molecular weight excluding hydrogens is 250 g/mol. The summed E-state index contributed by atoms with van der Waals surface area (Å²) < 4.78 is 31.6. The Hall–Kier alpha value is -2.23. The summed E-state index contributed by atoms with van der Waals surface area (Å²) >= 11 is 0. The molecule has 0 radical (unpaired) electrons. The Morgan fingerprint density at radius 2 is 1.79 bits per heavy atom. The van der Waals surface area contributed by atoms with Crippen molar-refractivity contribution < 1.29 is 18.3 Å². The van der Waals surface area contributed by atoms with E-state index in [1.165, 1.54) is 36.4 Å². The second kappa shape index (κ2) is 5.61. The van der Waals surface area contributed by atoms with Crippen molar-refractivity contribution in [1.29, 1.82) is 0 Å². The van der Waals surface area contributed by atoms with Crippen molar-refractivity contribution in [1.82, 2.24) is 0 Å². The van der Waals surface area contributed by atoms with Crippen LogP contribution in [0.2, 0.25) is 0 Å². The van der Waals surface area contributed by atoms with E-state index in [1.54, 1.807) is 6.92 Å². The van der Waals surface area contributed by atoms with Crippen LogP contribution >= 0.6 is 0 Å². The van der Waals surface area contributed by atoms with Gasteiger partial charge in [-0.1, -0.05) is 19.1 Å². The van der Waals surface area contributed by atoms with E-state index in [4.69, 9.17) is 4.74 Å². The molecule has 2 rings (SSSR count). The van der Waals surface area contributed by atoms with Crippen LogP contribution in [0.1, 0.15) is 13.3 Å². The first kappa shape index (κ1) is 13.2. The SMILES string of the molecule is CCC(=O)Oc1ccc(-c2ccc(F)cc2)c(F)c1. The molecule has 0 saturated carbocycles. The molecule has 0 heterocycles. The van der Waals surface area contributed by atoms with Crippen LogP contribution in [0.25, 0.3) is 11.1 Å². The molecule has 0 bridgehead atoms. The predicted molar refractivity (Wildman–Crippen MR) is 67.7 cm³/mol. The highest BCUT2D eigenvalue weighted by Crippen LogP contribution is 2.26. The zero-order valence-electron chi connectivity index (χ0n) is 10.3. The van der Waals surface area contributed by atoms with E-state index in [1.807, 2.05) is 0 Å². The Balaban J connectivity index is 2.29. The van der Waals surface area contributed by atoms with Gasteiger partial charge in [0.25, 0.3) is 0 Å². The quantitative estimate of drug-likeness (QED) is 0.618. The van der Waals surface area contributed by atoms with Crippen molar-refractivity contribution >= 4 is 5.97 Å². The van der Waals surface area contributed by atoms with Gasteiger partial charge in [-0.25, -0.2) is 8.78 Å². The summed E-state index contributed by atoms with van der Waals surface area (Å²) in [5.41, 5.74) is 0.892. The lowest BCUT2D eigenvalue weighted by Crippen LogP contribution is -2.05. The number of carbonyl (C=O) groups is 1. The Morgan fingerprint density at radius 3 is 2.37 bits per heavy atom. The number of halogens is 2. The topological polar surface area (TPSA) is 26.3 Å². The first-order valence-corrected chi connectivity index (χ1v) is 5.86. The Kier molecular flexibility index (Phi) is 3.90. The average molecular weight is 262 g/mol. The van der Waals surface area contributed by atoms with Crippen molar-refractivity contribution in [2.45, 2.75) is 13.3 Å². The Bertz CT molecular complexity index is 592. The van der Waals surface area contributed by atoms with Gasteiger partial charge in [0.15, 0.2) is 0 Å². The summed E-state index contributed by atoms with van der Waals surface area (Å²) in [7, 11) is 0. The van der Waals surface area contributed by atoms with Gasteiger partial charge in [-0.05, 0) is 29.8 Å². The van der Waals surface area contributed by atoms with Gasteiger partial charge in [0.2, 0.25) is 0 Å². The maximum Gasteiger partial charge on any atom is 0.310 e. The van der Waals surface area contributed by atoms with E-state index in [2.05, 4.69) is 0 Å². The molecule has 0 amide bonds. The van der Waals surface area contributed by atoms with Crippen molar-refractivity contribution in [3.8, 4) is 16.9 Å². The lowest BCUT2D eigenvalue weighted by atomic mass is 10.1. The van der Waals surface area contributed by atoms with Gasteiger partial charge in [-0.3, -0.25) is 4.79 Å². The number of hydrogen-bond acceptors (Lipinski definition) is 2. The number of esters is 1. The molecule has 0 saturated heterocycles. The number of ether oxygens (including phenoxy) is 1. The lowest BCUT2D eigenvalue weighted by molar-refractivity contribution is -0.134. The molecule has 98 valence electrons. The molecule has 0 fully saturated rings. The minimum atomic E-state index is -0.520. The predicted octanol–water partition coefficient (Wildman–Crippen LogP) is 3.95. The molecule has 0 unspecified atom stereocenters. The van der Waals surface area contributed by atoms with Crippen LogP contribution in [-0.2, 0) is 4.79 Å². The van der Waals surface area contributed by atoms with Crippen LogP contribution in [0.4, 0.5) is 8.78 Å². The van der Waals surface area contributed by atoms with Gasteiger partial charge in [0.05, 0.1) is 0 Å². The van der Waals surface area contributed by atoms with Crippen LogP contribution in [0, 0.1) is 11.6 Å². The van der Waals surface area contributed by atoms with E-state index in [0.717, 1.165) is 6.07 Å². The molecule has 2 aromatic carbocycles. The molecule has 2 aromatic rings. The van der Waals surface area contributed by atoms with Gasteiger partial charge in [0.1, 0.15) is 17.4 Å². The summed E-state index contributed by atoms with van der Waals surface area (Å²) in [6.07, 6.45) is 0.224. The number of benzene rings is 2. The third-order valence-corrected chi connectivity index (χ3v) is 2.62. The molecule has 0 spiro atoms.